The van der Waals surface area contributed by atoms with Crippen LogP contribution in [0, 0.1) is 5.92 Å². The van der Waals surface area contributed by atoms with Gasteiger partial charge in [0.1, 0.15) is 0 Å². The van der Waals surface area contributed by atoms with Crippen molar-refractivity contribution in [3.63, 3.8) is 0 Å². The van der Waals surface area contributed by atoms with Crippen molar-refractivity contribution in [3.05, 3.63) is 29.8 Å². The quantitative estimate of drug-likeness (QED) is 0.923. The molecule has 1 saturated heterocycles. The van der Waals surface area contributed by atoms with Crippen LogP contribution < -0.4 is 10.2 Å². The Balaban J connectivity index is 0.00000176. The van der Waals surface area contributed by atoms with Crippen LogP contribution in [0.5, 0.6) is 0 Å². The third-order valence-corrected chi connectivity index (χ3v) is 4.89. The summed E-state index contributed by atoms with van der Waals surface area (Å²) in [6.45, 7) is 3.12. The number of amides is 1. The van der Waals surface area contributed by atoms with Crippen molar-refractivity contribution in [2.75, 3.05) is 24.5 Å². The summed E-state index contributed by atoms with van der Waals surface area (Å²) in [6.07, 6.45) is 7.63. The van der Waals surface area contributed by atoms with Gasteiger partial charge in [0.05, 0.1) is 0 Å². The number of halogens is 1. The molecule has 0 aromatic heterocycles. The van der Waals surface area contributed by atoms with Crippen molar-refractivity contribution in [1.82, 2.24) is 5.32 Å². The van der Waals surface area contributed by atoms with Gasteiger partial charge in [0.15, 0.2) is 0 Å². The van der Waals surface area contributed by atoms with Crippen molar-refractivity contribution in [2.24, 2.45) is 5.92 Å². The smallest absolute Gasteiger partial charge is 0.226 e. The number of piperidine rings is 1. The van der Waals surface area contributed by atoms with Crippen LogP contribution in [0.15, 0.2) is 24.3 Å². The number of anilines is 1. The van der Waals surface area contributed by atoms with Gasteiger partial charge in [0.2, 0.25) is 5.91 Å². The molecular formula is C18H27ClN2O. The molecular weight excluding hydrogens is 296 g/mol. The molecule has 0 bridgehead atoms. The van der Waals surface area contributed by atoms with E-state index in [1.165, 1.54) is 24.8 Å². The Morgan fingerprint density at radius 2 is 1.95 bits per heavy atom. The molecule has 1 aromatic rings. The zero-order valence-electron chi connectivity index (χ0n) is 13.2. The van der Waals surface area contributed by atoms with Gasteiger partial charge in [0, 0.05) is 18.7 Å². The molecule has 1 aromatic carbocycles. The fourth-order valence-corrected chi connectivity index (χ4v) is 3.58. The molecule has 2 aliphatic heterocycles. The van der Waals surface area contributed by atoms with Crippen LogP contribution in [0.4, 0.5) is 5.69 Å². The zero-order chi connectivity index (χ0) is 14.5. The molecule has 122 valence electrons. The lowest BCUT2D eigenvalue weighted by atomic mass is 9.93. The summed E-state index contributed by atoms with van der Waals surface area (Å²) in [5.74, 6) is 1.06. The number of hydrogen-bond donors (Lipinski definition) is 1. The largest absolute Gasteiger partial charge is 0.317 e. The lowest BCUT2D eigenvalue weighted by Gasteiger charge is -2.26. The van der Waals surface area contributed by atoms with Crippen LogP contribution in [-0.2, 0) is 11.2 Å². The van der Waals surface area contributed by atoms with E-state index >= 15 is 0 Å². The van der Waals surface area contributed by atoms with E-state index in [4.69, 9.17) is 0 Å². The minimum Gasteiger partial charge on any atom is -0.317 e. The maximum Gasteiger partial charge on any atom is 0.226 e. The average molecular weight is 323 g/mol. The van der Waals surface area contributed by atoms with E-state index in [9.17, 15) is 4.79 Å². The SMILES string of the molecule is Cl.O=C(CCC1CCNCC1)N1CCCCc2ccccc21. The Hall–Kier alpha value is -1.06. The number of hydrogen-bond acceptors (Lipinski definition) is 2. The van der Waals surface area contributed by atoms with E-state index in [1.54, 1.807) is 0 Å². The molecule has 0 aliphatic carbocycles. The van der Waals surface area contributed by atoms with Crippen LogP contribution in [0.25, 0.3) is 0 Å². The number of fused-ring (bicyclic) bond motifs is 1. The summed E-state index contributed by atoms with van der Waals surface area (Å²) in [4.78, 5) is 14.7. The van der Waals surface area contributed by atoms with Crippen LogP contribution in [0.2, 0.25) is 0 Å². The first-order valence-electron chi connectivity index (χ1n) is 8.43. The summed E-state index contributed by atoms with van der Waals surface area (Å²) in [5, 5.41) is 3.39. The molecule has 3 nitrogen and oxygen atoms in total. The number of carbonyl (C=O) groups is 1. The van der Waals surface area contributed by atoms with E-state index in [2.05, 4.69) is 29.6 Å². The van der Waals surface area contributed by atoms with E-state index < -0.39 is 0 Å². The first-order valence-corrected chi connectivity index (χ1v) is 8.43. The summed E-state index contributed by atoms with van der Waals surface area (Å²) < 4.78 is 0. The molecule has 1 fully saturated rings. The Kier molecular flexibility index (Phi) is 6.71. The van der Waals surface area contributed by atoms with E-state index in [0.29, 0.717) is 12.3 Å². The molecule has 2 heterocycles. The fraction of sp³-hybridized carbons (Fsp3) is 0.611. The van der Waals surface area contributed by atoms with E-state index in [0.717, 1.165) is 50.5 Å². The van der Waals surface area contributed by atoms with Crippen LogP contribution in [0.1, 0.15) is 44.1 Å². The molecule has 22 heavy (non-hydrogen) atoms. The first-order chi connectivity index (χ1) is 10.3. The summed E-state index contributed by atoms with van der Waals surface area (Å²) in [7, 11) is 0. The number of nitrogens with zero attached hydrogens (tertiary/aromatic N) is 1. The molecule has 0 atom stereocenters. The topological polar surface area (TPSA) is 32.3 Å². The van der Waals surface area contributed by atoms with Crippen LogP contribution in [-0.4, -0.2) is 25.5 Å². The average Bonchev–Trinajstić information content (AvgIpc) is 2.76. The summed E-state index contributed by atoms with van der Waals surface area (Å²) in [6, 6.07) is 8.43. The maximum absolute atomic E-state index is 12.7. The minimum atomic E-state index is 0. The van der Waals surface area contributed by atoms with Gasteiger partial charge in [-0.05, 0) is 69.2 Å². The Bertz CT molecular complexity index is 486. The van der Waals surface area contributed by atoms with Crippen LogP contribution >= 0.6 is 12.4 Å². The maximum atomic E-state index is 12.7. The molecule has 4 heteroatoms. The highest BCUT2D eigenvalue weighted by molar-refractivity contribution is 5.94. The van der Waals surface area contributed by atoms with Crippen molar-refractivity contribution < 1.29 is 4.79 Å². The Morgan fingerprint density at radius 1 is 1.18 bits per heavy atom. The second-order valence-corrected chi connectivity index (χ2v) is 6.36. The van der Waals surface area contributed by atoms with Gasteiger partial charge in [-0.3, -0.25) is 4.79 Å². The minimum absolute atomic E-state index is 0. The highest BCUT2D eigenvalue weighted by atomic mass is 35.5. The highest BCUT2D eigenvalue weighted by Gasteiger charge is 2.22. The van der Waals surface area contributed by atoms with Gasteiger partial charge in [-0.1, -0.05) is 18.2 Å². The predicted molar refractivity (Wildman–Crippen MR) is 93.8 cm³/mol. The van der Waals surface area contributed by atoms with Crippen molar-refractivity contribution in [1.29, 1.82) is 0 Å². The fourth-order valence-electron chi connectivity index (χ4n) is 3.58. The molecule has 2 aliphatic rings. The first kappa shape index (κ1) is 17.3. The lowest BCUT2D eigenvalue weighted by molar-refractivity contribution is -0.119. The van der Waals surface area contributed by atoms with Gasteiger partial charge < -0.3 is 10.2 Å². The number of rotatable bonds is 3. The third kappa shape index (κ3) is 4.23. The zero-order valence-corrected chi connectivity index (χ0v) is 14.0. The molecule has 0 radical (unpaired) electrons. The second kappa shape index (κ2) is 8.54. The highest BCUT2D eigenvalue weighted by Crippen LogP contribution is 2.27. The van der Waals surface area contributed by atoms with Crippen molar-refractivity contribution >= 4 is 24.0 Å². The molecule has 0 unspecified atom stereocenters. The van der Waals surface area contributed by atoms with Gasteiger partial charge in [-0.15, -0.1) is 12.4 Å². The van der Waals surface area contributed by atoms with E-state index in [1.807, 2.05) is 4.90 Å². The second-order valence-electron chi connectivity index (χ2n) is 6.36. The third-order valence-electron chi connectivity index (χ3n) is 4.89. The number of carbonyl (C=O) groups excluding carboxylic acids is 1. The van der Waals surface area contributed by atoms with Gasteiger partial charge in [-0.2, -0.15) is 0 Å². The van der Waals surface area contributed by atoms with Crippen molar-refractivity contribution in [3.8, 4) is 0 Å². The Labute approximate surface area is 139 Å². The number of nitrogens with one attached hydrogen (secondary N) is 1. The number of aryl methyl sites for hydroxylation is 1. The predicted octanol–water partition coefficient (Wildman–Crippen LogP) is 3.56. The number of benzene rings is 1. The van der Waals surface area contributed by atoms with Crippen molar-refractivity contribution in [2.45, 2.75) is 44.9 Å². The van der Waals surface area contributed by atoms with Gasteiger partial charge in [-0.25, -0.2) is 0 Å². The van der Waals surface area contributed by atoms with Crippen LogP contribution in [0.3, 0.4) is 0 Å². The van der Waals surface area contributed by atoms with Gasteiger partial charge >= 0.3 is 0 Å². The van der Waals surface area contributed by atoms with E-state index in [-0.39, 0.29) is 12.4 Å². The standard InChI is InChI=1S/C18H26N2O.ClH/c21-18(9-8-15-10-12-19-13-11-15)20-14-4-3-6-16-5-1-2-7-17(16)20;/h1-2,5,7,15,19H,3-4,6,8-14H2;1H. The Morgan fingerprint density at radius 3 is 2.77 bits per heavy atom. The molecule has 3 rings (SSSR count). The molecule has 1 N–H and O–H groups in total. The monoisotopic (exact) mass is 322 g/mol. The molecule has 1 amide bonds. The summed E-state index contributed by atoms with van der Waals surface area (Å²) >= 11 is 0. The normalized spacial score (nSPS) is 19.0. The lowest BCUT2D eigenvalue weighted by Crippen LogP contribution is -2.33. The van der Waals surface area contributed by atoms with Gasteiger partial charge in [0.25, 0.3) is 0 Å². The molecule has 0 saturated carbocycles. The molecule has 0 spiro atoms. The number of para-hydroxylation sites is 1. The summed E-state index contributed by atoms with van der Waals surface area (Å²) in [5.41, 5.74) is 2.50.